The Labute approximate surface area is 159 Å². The van der Waals surface area contributed by atoms with E-state index in [-0.39, 0.29) is 42.5 Å². The number of pyridine rings is 1. The molecule has 7 nitrogen and oxygen atoms in total. The van der Waals surface area contributed by atoms with E-state index in [1.165, 1.54) is 4.90 Å². The van der Waals surface area contributed by atoms with Gasteiger partial charge in [-0.3, -0.25) is 19.3 Å². The number of anilines is 2. The lowest BCUT2D eigenvalue weighted by Crippen LogP contribution is -2.34. The summed E-state index contributed by atoms with van der Waals surface area (Å²) in [6, 6.07) is 3.65. The second-order valence-electron chi connectivity index (χ2n) is 7.69. The zero-order valence-electron chi connectivity index (χ0n) is 15.5. The van der Waals surface area contributed by atoms with Crippen LogP contribution in [0.25, 0.3) is 0 Å². The Bertz CT molecular complexity index is 720. The quantitative estimate of drug-likeness (QED) is 0.804. The summed E-state index contributed by atoms with van der Waals surface area (Å²) in [5.74, 6) is 0.110. The SMILES string of the molecule is O=C(CCN1C(=O)[C@H]2CCCC[C@@H]2C1=O)Nc1cccnc1N1CCCC1. The number of imide groups is 1. The molecule has 1 N–H and O–H groups in total. The molecule has 1 aromatic rings. The van der Waals surface area contributed by atoms with Crippen molar-refractivity contribution in [2.45, 2.75) is 44.9 Å². The smallest absolute Gasteiger partial charge is 0.233 e. The Balaban J connectivity index is 1.37. The molecule has 0 spiro atoms. The minimum absolute atomic E-state index is 0.0865. The third-order valence-corrected chi connectivity index (χ3v) is 5.96. The first kappa shape index (κ1) is 17.9. The van der Waals surface area contributed by atoms with Crippen molar-refractivity contribution < 1.29 is 14.4 Å². The fourth-order valence-corrected chi connectivity index (χ4v) is 4.55. The summed E-state index contributed by atoms with van der Waals surface area (Å²) >= 11 is 0. The lowest BCUT2D eigenvalue weighted by Gasteiger charge is -2.20. The molecule has 3 amide bonds. The van der Waals surface area contributed by atoms with Gasteiger partial charge in [-0.15, -0.1) is 0 Å². The molecule has 0 aromatic carbocycles. The van der Waals surface area contributed by atoms with Gasteiger partial charge in [-0.1, -0.05) is 12.8 Å². The van der Waals surface area contributed by atoms with Gasteiger partial charge in [0.15, 0.2) is 5.82 Å². The maximum Gasteiger partial charge on any atom is 0.233 e. The molecule has 3 aliphatic rings. The van der Waals surface area contributed by atoms with Crippen molar-refractivity contribution in [1.29, 1.82) is 0 Å². The predicted octanol–water partition coefficient (Wildman–Crippen LogP) is 2.19. The molecule has 2 aliphatic heterocycles. The number of rotatable bonds is 5. The largest absolute Gasteiger partial charge is 0.355 e. The minimum atomic E-state index is -0.195. The number of carbonyl (C=O) groups is 3. The highest BCUT2D eigenvalue weighted by Crippen LogP contribution is 2.38. The first-order valence-corrected chi connectivity index (χ1v) is 10.00. The maximum atomic E-state index is 12.5. The zero-order valence-corrected chi connectivity index (χ0v) is 15.5. The first-order valence-electron chi connectivity index (χ1n) is 10.00. The summed E-state index contributed by atoms with van der Waals surface area (Å²) in [6.07, 6.45) is 7.72. The van der Waals surface area contributed by atoms with Gasteiger partial charge in [0.1, 0.15) is 0 Å². The van der Waals surface area contributed by atoms with Crippen molar-refractivity contribution in [3.8, 4) is 0 Å². The Kier molecular flexibility index (Phi) is 5.09. The second-order valence-corrected chi connectivity index (χ2v) is 7.69. The molecule has 27 heavy (non-hydrogen) atoms. The van der Waals surface area contributed by atoms with Crippen LogP contribution in [-0.2, 0) is 14.4 Å². The van der Waals surface area contributed by atoms with Gasteiger partial charge < -0.3 is 10.2 Å². The monoisotopic (exact) mass is 370 g/mol. The third kappa shape index (κ3) is 3.55. The highest BCUT2D eigenvalue weighted by molar-refractivity contribution is 6.05. The van der Waals surface area contributed by atoms with Crippen LogP contribution in [0, 0.1) is 11.8 Å². The van der Waals surface area contributed by atoms with Crippen molar-refractivity contribution >= 4 is 29.2 Å². The van der Waals surface area contributed by atoms with Gasteiger partial charge in [0.25, 0.3) is 0 Å². The summed E-state index contributed by atoms with van der Waals surface area (Å²) in [5.41, 5.74) is 0.692. The molecule has 0 unspecified atom stereocenters. The average Bonchev–Trinajstić information content (AvgIpc) is 3.29. The average molecular weight is 370 g/mol. The Morgan fingerprint density at radius 3 is 2.41 bits per heavy atom. The molecule has 7 heteroatoms. The van der Waals surface area contributed by atoms with Gasteiger partial charge >= 0.3 is 0 Å². The molecule has 3 heterocycles. The van der Waals surface area contributed by atoms with Crippen molar-refractivity contribution in [1.82, 2.24) is 9.88 Å². The molecule has 1 aromatic heterocycles. The maximum absolute atomic E-state index is 12.5. The van der Waals surface area contributed by atoms with Gasteiger partial charge in [-0.25, -0.2) is 4.98 Å². The minimum Gasteiger partial charge on any atom is -0.355 e. The zero-order chi connectivity index (χ0) is 18.8. The van der Waals surface area contributed by atoms with Gasteiger partial charge in [-0.2, -0.15) is 0 Å². The van der Waals surface area contributed by atoms with Crippen LogP contribution in [-0.4, -0.2) is 47.2 Å². The van der Waals surface area contributed by atoms with Gasteiger partial charge in [0.2, 0.25) is 17.7 Å². The van der Waals surface area contributed by atoms with Gasteiger partial charge in [-0.05, 0) is 37.8 Å². The number of nitrogens with zero attached hydrogens (tertiary/aromatic N) is 3. The van der Waals surface area contributed by atoms with Crippen LogP contribution in [0.2, 0.25) is 0 Å². The normalized spacial score (nSPS) is 25.0. The summed E-state index contributed by atoms with van der Waals surface area (Å²) in [5, 5.41) is 2.91. The molecular formula is C20H26N4O3. The highest BCUT2D eigenvalue weighted by atomic mass is 16.2. The van der Waals surface area contributed by atoms with Gasteiger partial charge in [0.05, 0.1) is 17.5 Å². The fraction of sp³-hybridized carbons (Fsp3) is 0.600. The number of amides is 3. The van der Waals surface area contributed by atoms with Crippen LogP contribution >= 0.6 is 0 Å². The second kappa shape index (κ2) is 7.66. The van der Waals surface area contributed by atoms with Crippen molar-refractivity contribution in [2.24, 2.45) is 11.8 Å². The summed E-state index contributed by atoms with van der Waals surface area (Å²) < 4.78 is 0. The molecule has 2 atom stereocenters. The number of likely N-dealkylation sites (tertiary alicyclic amines) is 1. The molecule has 4 rings (SSSR count). The van der Waals surface area contributed by atoms with E-state index in [1.54, 1.807) is 12.3 Å². The number of fused-ring (bicyclic) bond motifs is 1. The van der Waals surface area contributed by atoms with Crippen LogP contribution in [0.3, 0.4) is 0 Å². The van der Waals surface area contributed by atoms with E-state index >= 15 is 0 Å². The topological polar surface area (TPSA) is 82.6 Å². The number of carbonyl (C=O) groups excluding carboxylic acids is 3. The van der Waals surface area contributed by atoms with Crippen molar-refractivity contribution in [3.05, 3.63) is 18.3 Å². The van der Waals surface area contributed by atoms with E-state index in [2.05, 4.69) is 15.2 Å². The molecule has 0 radical (unpaired) electrons. The molecule has 2 saturated heterocycles. The van der Waals surface area contributed by atoms with Crippen molar-refractivity contribution in [3.63, 3.8) is 0 Å². The summed E-state index contributed by atoms with van der Waals surface area (Å²) in [6.45, 7) is 2.05. The van der Waals surface area contributed by atoms with Crippen molar-refractivity contribution in [2.75, 3.05) is 29.9 Å². The molecule has 1 aliphatic carbocycles. The van der Waals surface area contributed by atoms with Crippen LogP contribution in [0.1, 0.15) is 44.9 Å². The Morgan fingerprint density at radius 1 is 1.07 bits per heavy atom. The Hall–Kier alpha value is -2.44. The summed E-state index contributed by atoms with van der Waals surface area (Å²) in [4.78, 5) is 45.4. The van der Waals surface area contributed by atoms with E-state index in [9.17, 15) is 14.4 Å². The van der Waals surface area contributed by atoms with Gasteiger partial charge in [0, 0.05) is 32.3 Å². The van der Waals surface area contributed by atoms with E-state index < -0.39 is 0 Å². The van der Waals surface area contributed by atoms with Crippen LogP contribution in [0.4, 0.5) is 11.5 Å². The van der Waals surface area contributed by atoms with Crippen LogP contribution < -0.4 is 10.2 Å². The van der Waals surface area contributed by atoms with E-state index in [1.807, 2.05) is 6.07 Å². The Morgan fingerprint density at radius 2 is 1.74 bits per heavy atom. The van der Waals surface area contributed by atoms with Crippen LogP contribution in [0.5, 0.6) is 0 Å². The number of nitrogens with one attached hydrogen (secondary N) is 1. The molecule has 3 fully saturated rings. The lowest BCUT2D eigenvalue weighted by molar-refractivity contribution is -0.140. The summed E-state index contributed by atoms with van der Waals surface area (Å²) in [7, 11) is 0. The predicted molar refractivity (Wildman–Crippen MR) is 101 cm³/mol. The molecule has 0 bridgehead atoms. The number of aromatic nitrogens is 1. The molecule has 1 saturated carbocycles. The third-order valence-electron chi connectivity index (χ3n) is 5.96. The molecule has 144 valence electrons. The van der Waals surface area contributed by atoms with E-state index in [0.717, 1.165) is 57.4 Å². The number of hydrogen-bond acceptors (Lipinski definition) is 5. The highest BCUT2D eigenvalue weighted by Gasteiger charge is 2.47. The fourth-order valence-electron chi connectivity index (χ4n) is 4.55. The lowest BCUT2D eigenvalue weighted by atomic mass is 9.81. The van der Waals surface area contributed by atoms with Crippen LogP contribution in [0.15, 0.2) is 18.3 Å². The first-order chi connectivity index (χ1) is 13.1. The van der Waals surface area contributed by atoms with E-state index in [0.29, 0.717) is 5.69 Å². The molecular weight excluding hydrogens is 344 g/mol. The number of hydrogen-bond donors (Lipinski definition) is 1. The standard InChI is InChI=1S/C20H26N4O3/c25-17(22-16-8-5-10-21-18(16)23-11-3-4-12-23)9-13-24-19(26)14-6-1-2-7-15(14)20(24)27/h5,8,10,14-15H,1-4,6-7,9,11-13H2,(H,22,25)/t14-,15-/m0/s1. The van der Waals surface area contributed by atoms with E-state index in [4.69, 9.17) is 0 Å².